The minimum atomic E-state index is -4.50. The highest BCUT2D eigenvalue weighted by atomic mass is 19.4. The standard InChI is InChI=1S/C25H23F3N6O3/c1-16-12-19(33-34(16)21-5-2-17(13-31-21)25(26,27)28)22(35)32-18-3-4-20(30-14-18)23(15-29)6-8-24(9-7-23)36-10-11-37-24/h2-5,12-14H,6-11H2,1H3,(H,32,35). The number of alkyl halides is 3. The van der Waals surface area contributed by atoms with Crippen LogP contribution in [0.2, 0.25) is 0 Å². The fourth-order valence-electron chi connectivity index (χ4n) is 4.71. The number of hydrogen-bond acceptors (Lipinski definition) is 7. The monoisotopic (exact) mass is 512 g/mol. The Balaban J connectivity index is 1.27. The van der Waals surface area contributed by atoms with Crippen molar-refractivity contribution in [3.05, 3.63) is 65.4 Å². The molecule has 0 radical (unpaired) electrons. The third-order valence-corrected chi connectivity index (χ3v) is 6.82. The van der Waals surface area contributed by atoms with Gasteiger partial charge < -0.3 is 14.8 Å². The first-order valence-electron chi connectivity index (χ1n) is 11.7. The molecule has 0 bridgehead atoms. The number of anilines is 1. The van der Waals surface area contributed by atoms with E-state index in [2.05, 4.69) is 26.5 Å². The summed E-state index contributed by atoms with van der Waals surface area (Å²) in [5, 5.41) is 16.9. The molecule has 3 aromatic rings. The molecule has 37 heavy (non-hydrogen) atoms. The summed E-state index contributed by atoms with van der Waals surface area (Å²) < 4.78 is 51.2. The van der Waals surface area contributed by atoms with E-state index in [0.29, 0.717) is 56.0 Å². The quantitative estimate of drug-likeness (QED) is 0.554. The Kier molecular flexibility index (Phi) is 6.21. The number of nitriles is 1. The zero-order valence-corrected chi connectivity index (χ0v) is 19.9. The van der Waals surface area contributed by atoms with Crippen molar-refractivity contribution in [3.8, 4) is 11.9 Å². The van der Waals surface area contributed by atoms with Crippen LogP contribution in [0.5, 0.6) is 0 Å². The van der Waals surface area contributed by atoms with E-state index in [1.807, 2.05) is 0 Å². The minimum absolute atomic E-state index is 0.0610. The number of amides is 1. The summed E-state index contributed by atoms with van der Waals surface area (Å²) in [6, 6.07) is 9.42. The molecule has 1 saturated carbocycles. The summed E-state index contributed by atoms with van der Waals surface area (Å²) in [6.45, 7) is 2.78. The molecule has 1 amide bonds. The summed E-state index contributed by atoms with van der Waals surface area (Å²) in [6.07, 6.45) is 0.0307. The number of aryl methyl sites for hydroxylation is 1. The summed E-state index contributed by atoms with van der Waals surface area (Å²) in [5.74, 6) is -0.959. The van der Waals surface area contributed by atoms with Crippen LogP contribution in [0.25, 0.3) is 5.82 Å². The van der Waals surface area contributed by atoms with Gasteiger partial charge in [-0.05, 0) is 50.1 Å². The first kappa shape index (κ1) is 24.9. The maximum absolute atomic E-state index is 12.8. The molecular weight excluding hydrogens is 489 g/mol. The van der Waals surface area contributed by atoms with Gasteiger partial charge in [-0.25, -0.2) is 9.67 Å². The smallest absolute Gasteiger partial charge is 0.348 e. The Hall–Kier alpha value is -3.82. The number of hydrogen-bond donors (Lipinski definition) is 1. The predicted octanol–water partition coefficient (Wildman–Crippen LogP) is 4.32. The highest BCUT2D eigenvalue weighted by Crippen LogP contribution is 2.45. The molecule has 0 unspecified atom stereocenters. The number of ether oxygens (including phenoxy) is 2. The van der Waals surface area contributed by atoms with E-state index in [1.54, 1.807) is 19.1 Å². The maximum atomic E-state index is 12.8. The number of halogens is 3. The number of nitrogens with zero attached hydrogens (tertiary/aromatic N) is 5. The van der Waals surface area contributed by atoms with E-state index in [1.165, 1.54) is 23.0 Å². The van der Waals surface area contributed by atoms with Gasteiger partial charge in [0, 0.05) is 24.7 Å². The highest BCUT2D eigenvalue weighted by Gasteiger charge is 2.48. The molecule has 1 saturated heterocycles. The third-order valence-electron chi connectivity index (χ3n) is 6.82. The Labute approximate surface area is 210 Å². The zero-order valence-electron chi connectivity index (χ0n) is 19.9. The average molecular weight is 512 g/mol. The van der Waals surface area contributed by atoms with Crippen LogP contribution >= 0.6 is 0 Å². The van der Waals surface area contributed by atoms with Crippen molar-refractivity contribution in [1.82, 2.24) is 19.7 Å². The minimum Gasteiger partial charge on any atom is -0.348 e. The Bertz CT molecular complexity index is 1330. The number of aromatic nitrogens is 4. The van der Waals surface area contributed by atoms with Gasteiger partial charge in [0.2, 0.25) is 0 Å². The van der Waals surface area contributed by atoms with Crippen LogP contribution in [0.1, 0.15) is 53.1 Å². The molecule has 0 aromatic carbocycles. The maximum Gasteiger partial charge on any atom is 0.417 e. The van der Waals surface area contributed by atoms with Crippen molar-refractivity contribution in [2.45, 2.75) is 50.0 Å². The van der Waals surface area contributed by atoms with Crippen molar-refractivity contribution in [2.75, 3.05) is 18.5 Å². The number of pyridine rings is 2. The second-order valence-corrected chi connectivity index (χ2v) is 9.17. The summed E-state index contributed by atoms with van der Waals surface area (Å²) >= 11 is 0. The van der Waals surface area contributed by atoms with Gasteiger partial charge in [0.05, 0.1) is 47.8 Å². The van der Waals surface area contributed by atoms with Crippen molar-refractivity contribution >= 4 is 11.6 Å². The van der Waals surface area contributed by atoms with Gasteiger partial charge in [0.1, 0.15) is 0 Å². The SMILES string of the molecule is Cc1cc(C(=O)Nc2ccc(C3(C#N)CCC4(CC3)OCCO4)nc2)nn1-c1ccc(C(F)(F)F)cn1. The largest absolute Gasteiger partial charge is 0.417 e. The van der Waals surface area contributed by atoms with Crippen LogP contribution in [0, 0.1) is 18.3 Å². The van der Waals surface area contributed by atoms with Crippen LogP contribution in [0.4, 0.5) is 18.9 Å². The fourth-order valence-corrected chi connectivity index (χ4v) is 4.71. The molecule has 9 nitrogen and oxygen atoms in total. The second kappa shape index (κ2) is 9.24. The summed E-state index contributed by atoms with van der Waals surface area (Å²) in [5.41, 5.74) is -0.0156. The molecule has 192 valence electrons. The molecule has 1 aliphatic carbocycles. The molecule has 3 aromatic heterocycles. The van der Waals surface area contributed by atoms with Crippen LogP contribution in [-0.4, -0.2) is 44.7 Å². The van der Waals surface area contributed by atoms with E-state index in [4.69, 9.17) is 9.47 Å². The third kappa shape index (κ3) is 4.80. The van der Waals surface area contributed by atoms with E-state index >= 15 is 0 Å². The first-order chi connectivity index (χ1) is 17.6. The molecule has 2 fully saturated rings. The Morgan fingerprint density at radius 2 is 1.81 bits per heavy atom. The lowest BCUT2D eigenvalue weighted by Crippen LogP contribution is -2.41. The molecule has 1 spiro atoms. The van der Waals surface area contributed by atoms with Gasteiger partial charge in [-0.15, -0.1) is 0 Å². The molecule has 1 N–H and O–H groups in total. The van der Waals surface area contributed by atoms with Crippen molar-refractivity contribution < 1.29 is 27.4 Å². The predicted molar refractivity (Wildman–Crippen MR) is 124 cm³/mol. The number of nitrogens with one attached hydrogen (secondary N) is 1. The lowest BCUT2D eigenvalue weighted by atomic mass is 9.70. The number of carbonyl (C=O) groups excluding carboxylic acids is 1. The topological polar surface area (TPSA) is 115 Å². The van der Waals surface area contributed by atoms with E-state index in [9.17, 15) is 23.2 Å². The fraction of sp³-hybridized carbons (Fsp3) is 0.400. The van der Waals surface area contributed by atoms with Gasteiger partial charge in [0.25, 0.3) is 5.91 Å². The molecule has 12 heteroatoms. The lowest BCUT2D eigenvalue weighted by molar-refractivity contribution is -0.182. The molecule has 5 rings (SSSR count). The van der Waals surface area contributed by atoms with Crippen molar-refractivity contribution in [2.24, 2.45) is 0 Å². The van der Waals surface area contributed by atoms with Crippen LogP contribution in [0.15, 0.2) is 42.7 Å². The van der Waals surface area contributed by atoms with Gasteiger partial charge in [-0.1, -0.05) is 0 Å². The van der Waals surface area contributed by atoms with E-state index in [0.717, 1.165) is 12.3 Å². The van der Waals surface area contributed by atoms with Crippen molar-refractivity contribution in [1.29, 1.82) is 5.26 Å². The van der Waals surface area contributed by atoms with Crippen LogP contribution in [0.3, 0.4) is 0 Å². The number of carbonyl (C=O) groups is 1. The van der Waals surface area contributed by atoms with E-state index < -0.39 is 28.8 Å². The van der Waals surface area contributed by atoms with Gasteiger partial charge in [-0.2, -0.15) is 23.5 Å². The van der Waals surface area contributed by atoms with Gasteiger partial charge in [-0.3, -0.25) is 9.78 Å². The molecule has 4 heterocycles. The Morgan fingerprint density at radius 3 is 2.38 bits per heavy atom. The van der Waals surface area contributed by atoms with Crippen LogP contribution < -0.4 is 5.32 Å². The normalized spacial score (nSPS) is 18.5. The zero-order chi connectivity index (χ0) is 26.3. The first-order valence-corrected chi connectivity index (χ1v) is 11.7. The second-order valence-electron chi connectivity index (χ2n) is 9.17. The highest BCUT2D eigenvalue weighted by molar-refractivity contribution is 6.02. The molecular formula is C25H23F3N6O3. The molecule has 1 aliphatic heterocycles. The van der Waals surface area contributed by atoms with Gasteiger partial charge in [0.15, 0.2) is 17.3 Å². The van der Waals surface area contributed by atoms with Gasteiger partial charge >= 0.3 is 6.18 Å². The van der Waals surface area contributed by atoms with Crippen LogP contribution in [-0.2, 0) is 21.1 Å². The molecule has 0 atom stereocenters. The number of rotatable bonds is 4. The lowest BCUT2D eigenvalue weighted by Gasteiger charge is -2.39. The summed E-state index contributed by atoms with van der Waals surface area (Å²) in [4.78, 5) is 21.1. The Morgan fingerprint density at radius 1 is 1.08 bits per heavy atom. The average Bonchev–Trinajstić information content (AvgIpc) is 3.52. The van der Waals surface area contributed by atoms with Crippen molar-refractivity contribution in [3.63, 3.8) is 0 Å². The van der Waals surface area contributed by atoms with E-state index in [-0.39, 0.29) is 11.5 Å². The molecule has 2 aliphatic rings. The summed E-state index contributed by atoms with van der Waals surface area (Å²) in [7, 11) is 0.